The van der Waals surface area contributed by atoms with Crippen LogP contribution in [0.25, 0.3) is 0 Å². The van der Waals surface area contributed by atoms with Crippen LogP contribution in [0.1, 0.15) is 60.8 Å². The maximum atomic E-state index is 13.3. The Morgan fingerprint density at radius 1 is 0.667 bits per heavy atom. The molecular weight excluding hydrogens is 497 g/mol. The number of nitrogens with zero attached hydrogens (tertiary/aromatic N) is 2. The fraction of sp³-hybridized carbons (Fsp3) is 0.455. The summed E-state index contributed by atoms with van der Waals surface area (Å²) in [6, 6.07) is 26.8. The summed E-state index contributed by atoms with van der Waals surface area (Å²) in [5, 5.41) is 11.4. The number of benzene rings is 3. The van der Waals surface area contributed by atoms with E-state index in [1.807, 2.05) is 0 Å². The minimum absolute atomic E-state index is 0.172. The van der Waals surface area contributed by atoms with Gasteiger partial charge in [-0.2, -0.15) is 13.2 Å². The van der Waals surface area contributed by atoms with Crippen molar-refractivity contribution < 1.29 is 18.3 Å². The molecule has 2 aliphatic rings. The number of aliphatic hydroxyl groups is 1. The van der Waals surface area contributed by atoms with Crippen molar-refractivity contribution in [3.8, 4) is 0 Å². The van der Waals surface area contributed by atoms with E-state index in [1.54, 1.807) is 6.07 Å². The lowest BCUT2D eigenvalue weighted by molar-refractivity contribution is -0.137. The Bertz CT molecular complexity index is 1140. The van der Waals surface area contributed by atoms with Gasteiger partial charge in [0.05, 0.1) is 11.2 Å². The van der Waals surface area contributed by atoms with Gasteiger partial charge in [-0.05, 0) is 80.6 Å². The van der Waals surface area contributed by atoms with E-state index >= 15 is 0 Å². The molecule has 0 spiro atoms. The lowest BCUT2D eigenvalue weighted by atomic mass is 9.71. The fourth-order valence-electron chi connectivity index (χ4n) is 6.50. The van der Waals surface area contributed by atoms with Crippen LogP contribution in [0, 0.1) is 0 Å². The predicted octanol–water partition coefficient (Wildman–Crippen LogP) is 6.85. The van der Waals surface area contributed by atoms with E-state index < -0.39 is 17.3 Å². The molecule has 1 N–H and O–H groups in total. The lowest BCUT2D eigenvalue weighted by Crippen LogP contribution is -2.48. The molecule has 0 saturated carbocycles. The van der Waals surface area contributed by atoms with Crippen LogP contribution in [-0.4, -0.2) is 54.2 Å². The maximum Gasteiger partial charge on any atom is 0.416 e. The third kappa shape index (κ3) is 6.40. The number of alkyl halides is 3. The second kappa shape index (κ2) is 11.8. The summed E-state index contributed by atoms with van der Waals surface area (Å²) in [7, 11) is 0. The van der Waals surface area contributed by atoms with Crippen molar-refractivity contribution in [2.45, 2.75) is 55.7 Å². The third-order valence-electron chi connectivity index (χ3n) is 8.86. The topological polar surface area (TPSA) is 26.7 Å². The number of hydrogen-bond acceptors (Lipinski definition) is 3. The van der Waals surface area contributed by atoms with Crippen molar-refractivity contribution in [1.82, 2.24) is 9.80 Å². The molecule has 2 fully saturated rings. The highest BCUT2D eigenvalue weighted by molar-refractivity contribution is 5.40. The van der Waals surface area contributed by atoms with Gasteiger partial charge in [0.1, 0.15) is 0 Å². The average molecular weight is 537 g/mol. The molecule has 6 heteroatoms. The van der Waals surface area contributed by atoms with Gasteiger partial charge >= 0.3 is 6.18 Å². The highest BCUT2D eigenvalue weighted by Gasteiger charge is 2.40. The second-order valence-corrected chi connectivity index (χ2v) is 11.4. The summed E-state index contributed by atoms with van der Waals surface area (Å²) >= 11 is 0. The van der Waals surface area contributed by atoms with E-state index in [0.29, 0.717) is 31.5 Å². The first kappa shape index (κ1) is 27.9. The van der Waals surface area contributed by atoms with Crippen molar-refractivity contribution >= 4 is 0 Å². The number of likely N-dealkylation sites (tertiary alicyclic amines) is 2. The molecular formula is C33H39F3N2O. The molecule has 2 heterocycles. The Hall–Kier alpha value is -2.67. The second-order valence-electron chi connectivity index (χ2n) is 11.4. The van der Waals surface area contributed by atoms with Gasteiger partial charge in [0.15, 0.2) is 0 Å². The molecule has 0 aliphatic carbocycles. The van der Waals surface area contributed by atoms with Crippen molar-refractivity contribution in [3.05, 3.63) is 107 Å². The summed E-state index contributed by atoms with van der Waals surface area (Å²) in [6.45, 7) is 5.36. The van der Waals surface area contributed by atoms with Gasteiger partial charge < -0.3 is 14.9 Å². The number of rotatable bonds is 8. The first-order chi connectivity index (χ1) is 18.8. The Morgan fingerprint density at radius 3 is 1.79 bits per heavy atom. The zero-order chi connectivity index (χ0) is 27.3. The molecule has 0 radical (unpaired) electrons. The Morgan fingerprint density at radius 2 is 1.23 bits per heavy atom. The highest BCUT2D eigenvalue weighted by Crippen LogP contribution is 2.40. The summed E-state index contributed by atoms with van der Waals surface area (Å²) in [5.74, 6) is 0. The maximum absolute atomic E-state index is 13.3. The van der Waals surface area contributed by atoms with Gasteiger partial charge in [-0.1, -0.05) is 79.2 Å². The number of hydrogen-bond donors (Lipinski definition) is 1. The van der Waals surface area contributed by atoms with Crippen LogP contribution in [0.5, 0.6) is 0 Å². The van der Waals surface area contributed by atoms with Crippen molar-refractivity contribution in [2.24, 2.45) is 0 Å². The van der Waals surface area contributed by atoms with Crippen LogP contribution in [-0.2, 0) is 17.2 Å². The molecule has 5 rings (SSSR count). The number of piperidine rings is 2. The van der Waals surface area contributed by atoms with Gasteiger partial charge in [0, 0.05) is 25.0 Å². The van der Waals surface area contributed by atoms with Crippen LogP contribution in [0.3, 0.4) is 0 Å². The van der Waals surface area contributed by atoms with Gasteiger partial charge in [0.25, 0.3) is 0 Å². The molecule has 0 atom stereocenters. The SMILES string of the molecule is OC1(c2cccc(C(F)(F)F)c2)CCN(CCC(CN2CCCCC2)(c2ccccc2)c2ccccc2)CC1. The zero-order valence-corrected chi connectivity index (χ0v) is 22.5. The molecule has 0 bridgehead atoms. The molecule has 2 saturated heterocycles. The van der Waals surface area contributed by atoms with Crippen LogP contribution in [0.4, 0.5) is 13.2 Å². The molecule has 2 aliphatic heterocycles. The third-order valence-corrected chi connectivity index (χ3v) is 8.86. The molecule has 208 valence electrons. The minimum atomic E-state index is -4.42. The number of halogens is 3. The standard InChI is InChI=1S/C33H39F3N2O/c34-33(35,36)30-16-10-15-29(25-30)32(39)18-23-37(24-19-32)22-17-31(27-11-4-1-5-12-27,28-13-6-2-7-14-28)26-38-20-8-3-9-21-38/h1-2,4-7,10-16,25,39H,3,8-9,17-24,26H2. The van der Waals surface area contributed by atoms with Crippen LogP contribution < -0.4 is 0 Å². The monoisotopic (exact) mass is 536 g/mol. The van der Waals surface area contributed by atoms with Gasteiger partial charge in [0.2, 0.25) is 0 Å². The minimum Gasteiger partial charge on any atom is -0.385 e. The molecule has 0 aromatic heterocycles. The predicted molar refractivity (Wildman–Crippen MR) is 150 cm³/mol. The Labute approximate surface area is 230 Å². The first-order valence-corrected chi connectivity index (χ1v) is 14.2. The normalized spacial score (nSPS) is 19.2. The smallest absolute Gasteiger partial charge is 0.385 e. The zero-order valence-electron chi connectivity index (χ0n) is 22.5. The van der Waals surface area contributed by atoms with Crippen molar-refractivity contribution in [1.29, 1.82) is 0 Å². The average Bonchev–Trinajstić information content (AvgIpc) is 2.97. The summed E-state index contributed by atoms with van der Waals surface area (Å²) in [4.78, 5) is 4.99. The highest BCUT2D eigenvalue weighted by atomic mass is 19.4. The first-order valence-electron chi connectivity index (χ1n) is 14.2. The van der Waals surface area contributed by atoms with E-state index in [1.165, 1.54) is 36.5 Å². The van der Waals surface area contributed by atoms with Crippen LogP contribution in [0.2, 0.25) is 0 Å². The molecule has 3 aromatic rings. The molecule has 0 amide bonds. The van der Waals surface area contributed by atoms with Crippen molar-refractivity contribution in [3.63, 3.8) is 0 Å². The van der Waals surface area contributed by atoms with Gasteiger partial charge in [-0.25, -0.2) is 0 Å². The lowest BCUT2D eigenvalue weighted by Gasteiger charge is -2.44. The van der Waals surface area contributed by atoms with Crippen LogP contribution in [0.15, 0.2) is 84.9 Å². The van der Waals surface area contributed by atoms with E-state index in [2.05, 4.69) is 70.5 Å². The summed E-state index contributed by atoms with van der Waals surface area (Å²) < 4.78 is 39.9. The molecule has 3 aromatic carbocycles. The van der Waals surface area contributed by atoms with Crippen LogP contribution >= 0.6 is 0 Å². The quantitative estimate of drug-likeness (QED) is 0.341. The van der Waals surface area contributed by atoms with E-state index in [4.69, 9.17) is 0 Å². The van der Waals surface area contributed by atoms with E-state index in [-0.39, 0.29) is 5.41 Å². The van der Waals surface area contributed by atoms with Crippen molar-refractivity contribution in [2.75, 3.05) is 39.3 Å². The van der Waals surface area contributed by atoms with E-state index in [9.17, 15) is 18.3 Å². The summed E-state index contributed by atoms with van der Waals surface area (Å²) in [5.41, 5.74) is 0.892. The van der Waals surface area contributed by atoms with Gasteiger partial charge in [-0.3, -0.25) is 0 Å². The molecule has 39 heavy (non-hydrogen) atoms. The fourth-order valence-corrected chi connectivity index (χ4v) is 6.50. The van der Waals surface area contributed by atoms with Gasteiger partial charge in [-0.15, -0.1) is 0 Å². The largest absolute Gasteiger partial charge is 0.416 e. The van der Waals surface area contributed by atoms with E-state index in [0.717, 1.165) is 44.7 Å². The Kier molecular flexibility index (Phi) is 8.46. The Balaban J connectivity index is 1.35. The molecule has 0 unspecified atom stereocenters. The summed E-state index contributed by atoms with van der Waals surface area (Å²) in [6.07, 6.45) is 1.12. The molecule has 3 nitrogen and oxygen atoms in total.